The van der Waals surface area contributed by atoms with Crippen molar-refractivity contribution in [2.45, 2.75) is 25.3 Å². The first-order chi connectivity index (χ1) is 16.0. The maximum absolute atomic E-state index is 13.8. The minimum absolute atomic E-state index is 0.0956. The van der Waals surface area contributed by atoms with Gasteiger partial charge in [-0.2, -0.15) is 0 Å². The summed E-state index contributed by atoms with van der Waals surface area (Å²) < 4.78 is 46.2. The third kappa shape index (κ3) is 6.10. The summed E-state index contributed by atoms with van der Waals surface area (Å²) in [6.45, 7) is 0. The van der Waals surface area contributed by atoms with Crippen LogP contribution in [0, 0.1) is 17.5 Å². The van der Waals surface area contributed by atoms with Crippen LogP contribution in [0.1, 0.15) is 29.5 Å². The van der Waals surface area contributed by atoms with E-state index in [-0.39, 0.29) is 30.4 Å². The molecule has 1 aromatic heterocycles. The van der Waals surface area contributed by atoms with Gasteiger partial charge in [-0.1, -0.05) is 24.3 Å². The lowest BCUT2D eigenvalue weighted by atomic mass is 9.98. The molecule has 0 fully saturated rings. The Morgan fingerprint density at radius 2 is 1.64 bits per heavy atom. The Morgan fingerprint density at radius 1 is 0.909 bits per heavy atom. The quantitative estimate of drug-likeness (QED) is 0.370. The Kier molecular flexibility index (Phi) is 6.88. The molecule has 4 aromatic rings. The molecule has 0 saturated carbocycles. The molecule has 0 spiro atoms. The summed E-state index contributed by atoms with van der Waals surface area (Å²) >= 11 is 0. The maximum Gasteiger partial charge on any atom is 0.221 e. The predicted octanol–water partition coefficient (Wildman–Crippen LogP) is 5.79. The number of halogens is 3. The highest BCUT2D eigenvalue weighted by molar-refractivity contribution is 5.76. The van der Waals surface area contributed by atoms with Gasteiger partial charge in [0, 0.05) is 18.4 Å². The first kappa shape index (κ1) is 22.3. The lowest BCUT2D eigenvalue weighted by Crippen LogP contribution is -2.30. The molecule has 7 heteroatoms. The monoisotopic (exact) mass is 450 g/mol. The van der Waals surface area contributed by atoms with Crippen LogP contribution in [0.25, 0.3) is 11.3 Å². The van der Waals surface area contributed by atoms with Crippen LogP contribution >= 0.6 is 0 Å². The number of carbonyl (C=O) groups is 1. The zero-order valence-corrected chi connectivity index (χ0v) is 17.6. The molecular formula is C26H21F3N2O2. The van der Waals surface area contributed by atoms with Gasteiger partial charge in [0.05, 0.1) is 12.2 Å². The first-order valence-corrected chi connectivity index (χ1v) is 10.5. The summed E-state index contributed by atoms with van der Waals surface area (Å²) in [6.07, 6.45) is 2.18. The Labute approximate surface area is 189 Å². The lowest BCUT2D eigenvalue weighted by Gasteiger charge is -2.19. The Morgan fingerprint density at radius 3 is 2.36 bits per heavy atom. The highest BCUT2D eigenvalue weighted by atomic mass is 19.1. The van der Waals surface area contributed by atoms with Gasteiger partial charge in [0.25, 0.3) is 0 Å². The van der Waals surface area contributed by atoms with Gasteiger partial charge in [0.15, 0.2) is 11.7 Å². The molecule has 0 bridgehead atoms. The predicted molar refractivity (Wildman–Crippen MR) is 118 cm³/mol. The number of nitrogens with zero attached hydrogens (tertiary/aromatic N) is 1. The highest BCUT2D eigenvalue weighted by Gasteiger charge is 2.17. The largest absolute Gasteiger partial charge is 0.441 e. The highest BCUT2D eigenvalue weighted by Crippen LogP contribution is 2.22. The molecule has 4 rings (SSSR count). The van der Waals surface area contributed by atoms with Gasteiger partial charge in [-0.25, -0.2) is 18.2 Å². The van der Waals surface area contributed by atoms with Crippen LogP contribution in [0.15, 0.2) is 83.4 Å². The summed E-state index contributed by atoms with van der Waals surface area (Å²) in [5.41, 5.74) is 1.95. The summed E-state index contributed by atoms with van der Waals surface area (Å²) in [6, 6.07) is 17.3. The molecule has 1 unspecified atom stereocenters. The molecular weight excluding hydrogens is 429 g/mol. The van der Waals surface area contributed by atoms with Crippen LogP contribution in [-0.4, -0.2) is 10.9 Å². The van der Waals surface area contributed by atoms with Crippen LogP contribution in [0.3, 0.4) is 0 Å². The van der Waals surface area contributed by atoms with E-state index in [9.17, 15) is 18.0 Å². The SMILES string of the molecule is O=C(CCc1ncc(-c2ccc(F)cc2)o1)NC(Cc1cccc(F)c1)c1cccc(F)c1. The number of hydrogen-bond acceptors (Lipinski definition) is 3. The summed E-state index contributed by atoms with van der Waals surface area (Å²) in [7, 11) is 0. The number of rotatable bonds is 8. The van der Waals surface area contributed by atoms with Gasteiger partial charge in [-0.3, -0.25) is 4.79 Å². The second kappa shape index (κ2) is 10.2. The maximum atomic E-state index is 13.8. The van der Waals surface area contributed by atoms with Gasteiger partial charge in [0.2, 0.25) is 5.91 Å². The molecule has 0 saturated heterocycles. The summed E-state index contributed by atoms with van der Waals surface area (Å²) in [5.74, 6) is -0.564. The topological polar surface area (TPSA) is 55.1 Å². The molecule has 33 heavy (non-hydrogen) atoms. The smallest absolute Gasteiger partial charge is 0.221 e. The van der Waals surface area contributed by atoms with Gasteiger partial charge in [-0.15, -0.1) is 0 Å². The van der Waals surface area contributed by atoms with Gasteiger partial charge >= 0.3 is 0 Å². The van der Waals surface area contributed by atoms with Gasteiger partial charge < -0.3 is 9.73 Å². The van der Waals surface area contributed by atoms with E-state index >= 15 is 0 Å². The van der Waals surface area contributed by atoms with Crippen molar-refractivity contribution in [1.82, 2.24) is 10.3 Å². The van der Waals surface area contributed by atoms with Crippen molar-refractivity contribution in [3.8, 4) is 11.3 Å². The number of carbonyl (C=O) groups excluding carboxylic acids is 1. The van der Waals surface area contributed by atoms with Crippen molar-refractivity contribution in [2.24, 2.45) is 0 Å². The van der Waals surface area contributed by atoms with Crippen molar-refractivity contribution >= 4 is 5.91 Å². The molecule has 168 valence electrons. The Hall–Kier alpha value is -3.87. The third-order valence-electron chi connectivity index (χ3n) is 5.16. The van der Waals surface area contributed by atoms with Crippen molar-refractivity contribution in [1.29, 1.82) is 0 Å². The van der Waals surface area contributed by atoms with Crippen molar-refractivity contribution in [3.63, 3.8) is 0 Å². The number of nitrogens with one attached hydrogen (secondary N) is 1. The number of oxazole rings is 1. The van der Waals surface area contributed by atoms with Crippen molar-refractivity contribution in [3.05, 3.63) is 113 Å². The second-order valence-corrected chi connectivity index (χ2v) is 7.63. The molecule has 3 aromatic carbocycles. The average Bonchev–Trinajstić information content (AvgIpc) is 3.27. The normalized spacial score (nSPS) is 11.8. The fourth-order valence-corrected chi connectivity index (χ4v) is 3.54. The van der Waals surface area contributed by atoms with Crippen molar-refractivity contribution < 1.29 is 22.4 Å². The number of hydrogen-bond donors (Lipinski definition) is 1. The molecule has 1 atom stereocenters. The lowest BCUT2D eigenvalue weighted by molar-refractivity contribution is -0.121. The molecule has 0 radical (unpaired) electrons. The van der Waals surface area contributed by atoms with E-state index in [2.05, 4.69) is 10.3 Å². The number of amides is 1. The van der Waals surface area contributed by atoms with E-state index in [0.717, 1.165) is 0 Å². The Bertz CT molecular complexity index is 1240. The number of aryl methyl sites for hydroxylation is 1. The number of benzene rings is 3. The van der Waals surface area contributed by atoms with E-state index in [1.54, 1.807) is 36.4 Å². The summed E-state index contributed by atoms with van der Waals surface area (Å²) in [5, 5.41) is 2.90. The molecule has 0 aliphatic rings. The fourth-order valence-electron chi connectivity index (χ4n) is 3.54. The van der Waals surface area contributed by atoms with E-state index in [4.69, 9.17) is 4.42 Å². The fraction of sp³-hybridized carbons (Fsp3) is 0.154. The molecule has 0 aliphatic carbocycles. The van der Waals surface area contributed by atoms with Crippen LogP contribution in [0.5, 0.6) is 0 Å². The standard InChI is InChI=1S/C26H21F3N2O2/c27-20-9-7-18(8-10-20)24-16-30-26(33-24)12-11-25(32)31-23(19-4-2-6-22(29)15-19)14-17-3-1-5-21(28)13-17/h1-10,13,15-16,23H,11-12,14H2,(H,31,32). The zero-order valence-electron chi connectivity index (χ0n) is 17.6. The molecule has 1 amide bonds. The van der Waals surface area contributed by atoms with Crippen molar-refractivity contribution in [2.75, 3.05) is 0 Å². The van der Waals surface area contributed by atoms with Gasteiger partial charge in [-0.05, 0) is 66.1 Å². The third-order valence-corrected chi connectivity index (χ3v) is 5.16. The van der Waals surface area contributed by atoms with Crippen LogP contribution in [-0.2, 0) is 17.6 Å². The number of aromatic nitrogens is 1. The van der Waals surface area contributed by atoms with E-state index < -0.39 is 11.9 Å². The molecule has 1 heterocycles. The molecule has 4 nitrogen and oxygen atoms in total. The van der Waals surface area contributed by atoms with E-state index in [1.165, 1.54) is 42.6 Å². The molecule has 0 aliphatic heterocycles. The second-order valence-electron chi connectivity index (χ2n) is 7.63. The van der Waals surface area contributed by atoms with E-state index in [1.807, 2.05) is 0 Å². The minimum Gasteiger partial charge on any atom is -0.441 e. The van der Waals surface area contributed by atoms with Crippen LogP contribution in [0.2, 0.25) is 0 Å². The van der Waals surface area contributed by atoms with Crippen LogP contribution < -0.4 is 5.32 Å². The van der Waals surface area contributed by atoms with Crippen LogP contribution in [0.4, 0.5) is 13.2 Å². The summed E-state index contributed by atoms with van der Waals surface area (Å²) in [4.78, 5) is 16.8. The first-order valence-electron chi connectivity index (χ1n) is 10.5. The zero-order chi connectivity index (χ0) is 23.2. The van der Waals surface area contributed by atoms with Gasteiger partial charge in [0.1, 0.15) is 17.5 Å². The Balaban J connectivity index is 1.42. The minimum atomic E-state index is -0.533. The average molecular weight is 450 g/mol. The molecule has 1 N–H and O–H groups in total. The van der Waals surface area contributed by atoms with E-state index in [0.29, 0.717) is 34.8 Å².